The van der Waals surface area contributed by atoms with Crippen LogP contribution in [-0.2, 0) is 26.5 Å². The van der Waals surface area contributed by atoms with E-state index >= 15 is 0 Å². The number of aryl methyl sites for hydroxylation is 2. The van der Waals surface area contributed by atoms with Gasteiger partial charge in [-0.1, -0.05) is 61.2 Å². The van der Waals surface area contributed by atoms with Crippen molar-refractivity contribution in [3.05, 3.63) is 109 Å². The number of benzene rings is 2. The molecular formula is C33H31IrN3OSi-2. The van der Waals surface area contributed by atoms with Gasteiger partial charge < -0.3 is 14.4 Å². The summed E-state index contributed by atoms with van der Waals surface area (Å²) in [6, 6.07) is 25.9. The molecule has 0 unspecified atom stereocenters. The smallest absolute Gasteiger partial charge is 0.124 e. The second-order valence-electron chi connectivity index (χ2n) is 10.2. The fourth-order valence-corrected chi connectivity index (χ4v) is 5.85. The first kappa shape index (κ1) is 24.6. The summed E-state index contributed by atoms with van der Waals surface area (Å²) in [5, 5.41) is 3.32. The maximum Gasteiger partial charge on any atom is 0.124 e. The molecule has 0 amide bonds. The molecule has 0 fully saturated rings. The van der Waals surface area contributed by atoms with Gasteiger partial charge in [-0.05, 0) is 42.4 Å². The summed E-state index contributed by atoms with van der Waals surface area (Å²) in [4.78, 5) is 13.1. The van der Waals surface area contributed by atoms with Gasteiger partial charge in [-0.25, -0.2) is 0 Å². The zero-order valence-corrected chi connectivity index (χ0v) is 25.8. The monoisotopic (exact) mass is 709 g/mol. The average Bonchev–Trinajstić information content (AvgIpc) is 3.32. The Labute approximate surface area is 249 Å². The Morgan fingerprint density at radius 1 is 0.949 bits per heavy atom. The van der Waals surface area contributed by atoms with Gasteiger partial charge in [0, 0.05) is 62.5 Å². The largest absolute Gasteiger partial charge is 0.500 e. The van der Waals surface area contributed by atoms with Crippen LogP contribution in [0.4, 0.5) is 0 Å². The quantitative estimate of drug-likeness (QED) is 0.139. The minimum Gasteiger partial charge on any atom is -0.500 e. The molecule has 0 aliphatic rings. The molecule has 2 aromatic carbocycles. The molecule has 199 valence electrons. The van der Waals surface area contributed by atoms with Gasteiger partial charge in [-0.3, -0.25) is 4.98 Å². The van der Waals surface area contributed by atoms with E-state index < -0.39 is 14.9 Å². The van der Waals surface area contributed by atoms with Crippen molar-refractivity contribution in [1.82, 2.24) is 15.0 Å². The summed E-state index contributed by atoms with van der Waals surface area (Å²) in [7, 11) is -1.66. The first-order valence-electron chi connectivity index (χ1n) is 14.1. The molecule has 4 aromatic heterocycles. The summed E-state index contributed by atoms with van der Waals surface area (Å²) < 4.78 is 28.8. The fraction of sp³-hybridized carbons (Fsp3) is 0.182. The Bertz CT molecular complexity index is 1800. The molecule has 6 heteroatoms. The molecule has 0 saturated carbocycles. The van der Waals surface area contributed by atoms with Crippen LogP contribution in [0, 0.1) is 19.1 Å². The van der Waals surface area contributed by atoms with Crippen molar-refractivity contribution in [3.8, 4) is 22.5 Å². The first-order chi connectivity index (χ1) is 19.5. The van der Waals surface area contributed by atoms with Gasteiger partial charge in [0.15, 0.2) is 0 Å². The van der Waals surface area contributed by atoms with Gasteiger partial charge in [0.2, 0.25) is 0 Å². The summed E-state index contributed by atoms with van der Waals surface area (Å²) in [6.45, 7) is 6.88. The molecule has 0 spiro atoms. The molecule has 4 nitrogen and oxygen atoms in total. The molecular weight excluding hydrogens is 675 g/mol. The van der Waals surface area contributed by atoms with E-state index in [2.05, 4.69) is 52.8 Å². The van der Waals surface area contributed by atoms with Gasteiger partial charge in [-0.15, -0.1) is 53.2 Å². The van der Waals surface area contributed by atoms with E-state index in [4.69, 9.17) is 8.53 Å². The van der Waals surface area contributed by atoms with E-state index in [9.17, 15) is 0 Å². The van der Waals surface area contributed by atoms with Crippen molar-refractivity contribution >= 4 is 35.2 Å². The molecule has 0 aliphatic heterocycles. The van der Waals surface area contributed by atoms with E-state index in [1.807, 2.05) is 67.8 Å². The Balaban J connectivity index is 0.000000243. The van der Waals surface area contributed by atoms with Crippen molar-refractivity contribution < 1.29 is 28.6 Å². The maximum absolute atomic E-state index is 7.53. The van der Waals surface area contributed by atoms with Crippen LogP contribution in [0.2, 0.25) is 19.6 Å². The van der Waals surface area contributed by atoms with Crippen LogP contribution in [0.5, 0.6) is 0 Å². The van der Waals surface area contributed by atoms with Crippen molar-refractivity contribution in [2.75, 3.05) is 0 Å². The molecule has 0 N–H and O–H groups in total. The number of rotatable bonds is 4. The number of fused-ring (bicyclic) bond motifs is 3. The van der Waals surface area contributed by atoms with Crippen LogP contribution < -0.4 is 5.19 Å². The number of pyridine rings is 3. The van der Waals surface area contributed by atoms with Crippen LogP contribution in [0.15, 0.2) is 89.9 Å². The third kappa shape index (κ3) is 6.25. The molecule has 0 saturated heterocycles. The third-order valence-electron chi connectivity index (χ3n) is 6.34. The summed E-state index contributed by atoms with van der Waals surface area (Å²) in [6.07, 6.45) is 7.08. The van der Waals surface area contributed by atoms with Crippen LogP contribution in [0.3, 0.4) is 0 Å². The number of furan rings is 1. The Hall–Kier alpha value is -3.44. The van der Waals surface area contributed by atoms with Gasteiger partial charge in [0.1, 0.15) is 5.58 Å². The van der Waals surface area contributed by atoms with Crippen molar-refractivity contribution in [2.24, 2.45) is 0 Å². The number of hydrogen-bond donors (Lipinski definition) is 0. The number of aromatic nitrogens is 3. The molecule has 0 atom stereocenters. The van der Waals surface area contributed by atoms with Crippen LogP contribution >= 0.6 is 0 Å². The minimum atomic E-state index is -2.02. The van der Waals surface area contributed by atoms with Crippen molar-refractivity contribution in [2.45, 2.75) is 39.8 Å². The second-order valence-corrected chi connectivity index (χ2v) is 15.3. The predicted octanol–water partition coefficient (Wildman–Crippen LogP) is 7.81. The SMILES string of the molecule is Cc1ccc(-c2[c-]cccc2)nc1.[2H]C([2H])([2H])Cc1ccnc(-c2[c-]cc([Si](C)(C)C)c3c2oc2ccncc23)c1.[Ir]. The van der Waals surface area contributed by atoms with E-state index in [1.54, 1.807) is 18.5 Å². The van der Waals surface area contributed by atoms with Crippen molar-refractivity contribution in [3.63, 3.8) is 0 Å². The zero-order valence-electron chi connectivity index (χ0n) is 25.4. The Kier molecular flexibility index (Phi) is 7.67. The van der Waals surface area contributed by atoms with Gasteiger partial charge in [-0.2, -0.15) is 0 Å². The van der Waals surface area contributed by atoms with E-state index in [-0.39, 0.29) is 26.5 Å². The topological polar surface area (TPSA) is 51.8 Å². The van der Waals surface area contributed by atoms with Gasteiger partial charge >= 0.3 is 0 Å². The first-order valence-corrected chi connectivity index (χ1v) is 16.1. The average molecular weight is 709 g/mol. The van der Waals surface area contributed by atoms with E-state index in [0.29, 0.717) is 5.69 Å². The Morgan fingerprint density at radius 2 is 1.82 bits per heavy atom. The third-order valence-corrected chi connectivity index (χ3v) is 8.35. The molecule has 39 heavy (non-hydrogen) atoms. The summed E-state index contributed by atoms with van der Waals surface area (Å²) >= 11 is 0. The Morgan fingerprint density at radius 3 is 2.54 bits per heavy atom. The van der Waals surface area contributed by atoms with Gasteiger partial charge in [0.25, 0.3) is 0 Å². The van der Waals surface area contributed by atoms with Crippen LogP contribution in [0.25, 0.3) is 44.5 Å². The van der Waals surface area contributed by atoms with Crippen LogP contribution in [0.1, 0.15) is 22.1 Å². The summed E-state index contributed by atoms with van der Waals surface area (Å²) in [5.74, 6) is 0. The van der Waals surface area contributed by atoms with Crippen molar-refractivity contribution in [1.29, 1.82) is 0 Å². The number of nitrogens with zero attached hydrogens (tertiary/aromatic N) is 3. The molecule has 0 aliphatic carbocycles. The van der Waals surface area contributed by atoms with Gasteiger partial charge in [0.05, 0.1) is 5.58 Å². The van der Waals surface area contributed by atoms with E-state index in [0.717, 1.165) is 44.3 Å². The fourth-order valence-electron chi connectivity index (χ4n) is 4.35. The normalized spacial score (nSPS) is 12.6. The van der Waals surface area contributed by atoms with E-state index in [1.165, 1.54) is 10.8 Å². The number of hydrogen-bond acceptors (Lipinski definition) is 4. The summed E-state index contributed by atoms with van der Waals surface area (Å²) in [5.41, 5.74) is 6.86. The molecule has 0 bridgehead atoms. The minimum absolute atomic E-state index is 0. The molecule has 6 rings (SSSR count). The van der Waals surface area contributed by atoms with Crippen LogP contribution in [-0.4, -0.2) is 23.0 Å². The zero-order chi connectivity index (χ0) is 29.2. The molecule has 4 heterocycles. The molecule has 1 radical (unpaired) electrons. The standard InChI is InChI=1S/C21H21N2OSi.C12H10N.Ir/c1-5-14-8-11-23-17(12-14)15-6-7-19(25(2,3)4)20-16-13-22-10-9-18(16)24-21(15)20;1-10-7-8-12(13-9-10)11-5-3-2-4-6-11;/h7-13H,5H2,1-4H3;2-5,7-9H,1H3;/q2*-1;/i1D3;;. The molecule has 6 aromatic rings. The predicted molar refractivity (Wildman–Crippen MR) is 159 cm³/mol. The second kappa shape index (κ2) is 12.2. The maximum atomic E-state index is 7.53.